The second-order valence-electron chi connectivity index (χ2n) is 6.35. The van der Waals surface area contributed by atoms with Crippen LogP contribution in [0.5, 0.6) is 0 Å². The molecule has 2 aromatic carbocycles. The van der Waals surface area contributed by atoms with Crippen LogP contribution < -0.4 is 5.32 Å². The lowest BCUT2D eigenvalue weighted by molar-refractivity contribution is -0.121. The van der Waals surface area contributed by atoms with Crippen LogP contribution in [0.3, 0.4) is 0 Å². The maximum atomic E-state index is 13.0. The number of halogens is 3. The number of nitrogens with one attached hydrogen (secondary N) is 1. The molecule has 1 unspecified atom stereocenters. The molecule has 0 bridgehead atoms. The number of anilines is 1. The topological polar surface area (TPSA) is 32.3 Å². The van der Waals surface area contributed by atoms with Crippen molar-refractivity contribution >= 4 is 34.8 Å². The summed E-state index contributed by atoms with van der Waals surface area (Å²) >= 11 is 11.9. The van der Waals surface area contributed by atoms with E-state index in [4.69, 9.17) is 23.2 Å². The molecule has 0 radical (unpaired) electrons. The summed E-state index contributed by atoms with van der Waals surface area (Å²) in [6.45, 7) is 2.33. The molecule has 3 rings (SSSR count). The summed E-state index contributed by atoms with van der Waals surface area (Å²) in [7, 11) is 0. The Morgan fingerprint density at radius 1 is 1.16 bits per heavy atom. The highest BCUT2D eigenvalue weighted by atomic mass is 35.5. The van der Waals surface area contributed by atoms with Crippen LogP contribution in [0.15, 0.2) is 42.5 Å². The molecule has 0 aromatic heterocycles. The third-order valence-electron chi connectivity index (χ3n) is 4.33. The normalized spacial score (nSPS) is 18.1. The standard InChI is InChI=1S/C19H19Cl2FN2O/c20-15-8-16(21)10-18(9-15)23-19(25)14-2-1-7-24(12-14)11-13-3-5-17(22)6-4-13/h3-6,8-10,14H,1-2,7,11-12H2,(H,23,25). The summed E-state index contributed by atoms with van der Waals surface area (Å²) < 4.78 is 13.0. The Balaban J connectivity index is 1.60. The van der Waals surface area contributed by atoms with Crippen LogP contribution in [-0.4, -0.2) is 23.9 Å². The Hall–Kier alpha value is -1.62. The van der Waals surface area contributed by atoms with Crippen LogP contribution in [0.2, 0.25) is 10.0 Å². The van der Waals surface area contributed by atoms with E-state index in [-0.39, 0.29) is 17.6 Å². The van der Waals surface area contributed by atoms with Gasteiger partial charge in [0.15, 0.2) is 0 Å². The van der Waals surface area contributed by atoms with Gasteiger partial charge in [0, 0.05) is 28.8 Å². The van der Waals surface area contributed by atoms with Gasteiger partial charge in [0.2, 0.25) is 5.91 Å². The molecule has 1 atom stereocenters. The van der Waals surface area contributed by atoms with E-state index in [0.717, 1.165) is 24.9 Å². The Bertz CT molecular complexity index is 731. The van der Waals surface area contributed by atoms with Gasteiger partial charge in [0.1, 0.15) is 5.82 Å². The maximum absolute atomic E-state index is 13.0. The fourth-order valence-corrected chi connectivity index (χ4v) is 3.66. The minimum Gasteiger partial charge on any atom is -0.326 e. The monoisotopic (exact) mass is 380 g/mol. The number of nitrogens with zero attached hydrogens (tertiary/aromatic N) is 1. The molecule has 6 heteroatoms. The average Bonchev–Trinajstić information content (AvgIpc) is 2.56. The van der Waals surface area contributed by atoms with Crippen LogP contribution >= 0.6 is 23.2 Å². The lowest BCUT2D eigenvalue weighted by Crippen LogP contribution is -2.40. The number of piperidine rings is 1. The first-order valence-electron chi connectivity index (χ1n) is 8.23. The van der Waals surface area contributed by atoms with Crippen molar-refractivity contribution in [2.24, 2.45) is 5.92 Å². The van der Waals surface area contributed by atoms with Crippen molar-refractivity contribution in [2.75, 3.05) is 18.4 Å². The van der Waals surface area contributed by atoms with Gasteiger partial charge in [-0.1, -0.05) is 35.3 Å². The molecule has 2 aromatic rings. The largest absolute Gasteiger partial charge is 0.326 e. The molecule has 3 nitrogen and oxygen atoms in total. The minimum absolute atomic E-state index is 0.0258. The van der Waals surface area contributed by atoms with Crippen molar-refractivity contribution in [1.82, 2.24) is 4.90 Å². The van der Waals surface area contributed by atoms with Crippen LogP contribution in [0.25, 0.3) is 0 Å². The Labute approximate surface area is 156 Å². The molecule has 25 heavy (non-hydrogen) atoms. The highest BCUT2D eigenvalue weighted by molar-refractivity contribution is 6.35. The lowest BCUT2D eigenvalue weighted by atomic mass is 9.96. The molecule has 0 aliphatic carbocycles. The smallest absolute Gasteiger partial charge is 0.228 e. The van der Waals surface area contributed by atoms with Gasteiger partial charge in [-0.15, -0.1) is 0 Å². The highest BCUT2D eigenvalue weighted by Crippen LogP contribution is 2.25. The van der Waals surface area contributed by atoms with E-state index in [9.17, 15) is 9.18 Å². The van der Waals surface area contributed by atoms with E-state index >= 15 is 0 Å². The summed E-state index contributed by atoms with van der Waals surface area (Å²) in [6.07, 6.45) is 1.80. The van der Waals surface area contributed by atoms with Crippen LogP contribution in [0.1, 0.15) is 18.4 Å². The molecule has 1 saturated heterocycles. The zero-order valence-corrected chi connectivity index (χ0v) is 15.2. The summed E-state index contributed by atoms with van der Waals surface area (Å²) in [5.74, 6) is -0.353. The van der Waals surface area contributed by atoms with Crippen molar-refractivity contribution in [3.8, 4) is 0 Å². The summed E-state index contributed by atoms with van der Waals surface area (Å²) in [6, 6.07) is 11.5. The van der Waals surface area contributed by atoms with Gasteiger partial charge in [-0.2, -0.15) is 0 Å². The average molecular weight is 381 g/mol. The molecule has 0 spiro atoms. The van der Waals surface area contributed by atoms with Gasteiger partial charge in [0.05, 0.1) is 5.92 Å². The van der Waals surface area contributed by atoms with Gasteiger partial charge in [-0.05, 0) is 55.3 Å². The van der Waals surface area contributed by atoms with Crippen molar-refractivity contribution in [1.29, 1.82) is 0 Å². The Morgan fingerprint density at radius 3 is 2.52 bits per heavy atom. The molecular weight excluding hydrogens is 362 g/mol. The quantitative estimate of drug-likeness (QED) is 0.810. The van der Waals surface area contributed by atoms with Crippen molar-refractivity contribution in [3.63, 3.8) is 0 Å². The molecule has 1 aliphatic rings. The minimum atomic E-state index is -0.236. The van der Waals surface area contributed by atoms with Crippen molar-refractivity contribution in [3.05, 3.63) is 63.9 Å². The Kier molecular flexibility index (Phi) is 5.94. The first-order chi connectivity index (χ1) is 12.0. The predicted octanol–water partition coefficient (Wildman–Crippen LogP) is 4.98. The molecule has 1 heterocycles. The SMILES string of the molecule is O=C(Nc1cc(Cl)cc(Cl)c1)C1CCCN(Cc2ccc(F)cc2)C1. The first kappa shape index (κ1) is 18.2. The highest BCUT2D eigenvalue weighted by Gasteiger charge is 2.26. The number of carbonyl (C=O) groups is 1. The molecule has 0 saturated carbocycles. The number of amides is 1. The number of rotatable bonds is 4. The van der Waals surface area contributed by atoms with E-state index in [1.165, 1.54) is 12.1 Å². The number of carbonyl (C=O) groups excluding carboxylic acids is 1. The fourth-order valence-electron chi connectivity index (χ4n) is 3.13. The molecule has 1 N–H and O–H groups in total. The molecule has 1 amide bonds. The van der Waals surface area contributed by atoms with Crippen LogP contribution in [0, 0.1) is 11.7 Å². The number of hydrogen-bond donors (Lipinski definition) is 1. The lowest BCUT2D eigenvalue weighted by Gasteiger charge is -2.32. The number of likely N-dealkylation sites (tertiary alicyclic amines) is 1. The Morgan fingerprint density at radius 2 is 1.84 bits per heavy atom. The van der Waals surface area contributed by atoms with Gasteiger partial charge in [-0.25, -0.2) is 4.39 Å². The third-order valence-corrected chi connectivity index (χ3v) is 4.76. The van der Waals surface area contributed by atoms with E-state index < -0.39 is 0 Å². The number of hydrogen-bond acceptors (Lipinski definition) is 2. The van der Waals surface area contributed by atoms with E-state index in [1.54, 1.807) is 30.3 Å². The summed E-state index contributed by atoms with van der Waals surface area (Å²) in [4.78, 5) is 14.8. The van der Waals surface area contributed by atoms with Crippen molar-refractivity contribution < 1.29 is 9.18 Å². The van der Waals surface area contributed by atoms with Gasteiger partial charge in [0.25, 0.3) is 0 Å². The molecule has 1 fully saturated rings. The third kappa shape index (κ3) is 5.18. The van der Waals surface area contributed by atoms with E-state index in [1.807, 2.05) is 0 Å². The van der Waals surface area contributed by atoms with Crippen molar-refractivity contribution in [2.45, 2.75) is 19.4 Å². The molecular formula is C19H19Cl2FN2O. The van der Waals surface area contributed by atoms with Crippen LogP contribution in [-0.2, 0) is 11.3 Å². The maximum Gasteiger partial charge on any atom is 0.228 e. The zero-order chi connectivity index (χ0) is 17.8. The second-order valence-corrected chi connectivity index (χ2v) is 7.22. The van der Waals surface area contributed by atoms with Gasteiger partial charge in [-0.3, -0.25) is 9.69 Å². The molecule has 1 aliphatic heterocycles. The molecule has 132 valence electrons. The van der Waals surface area contributed by atoms with E-state index in [2.05, 4.69) is 10.2 Å². The first-order valence-corrected chi connectivity index (χ1v) is 8.99. The summed E-state index contributed by atoms with van der Waals surface area (Å²) in [5, 5.41) is 3.88. The summed E-state index contributed by atoms with van der Waals surface area (Å²) in [5.41, 5.74) is 1.65. The second kappa shape index (κ2) is 8.17. The predicted molar refractivity (Wildman–Crippen MR) is 99.5 cm³/mol. The van der Waals surface area contributed by atoms with Gasteiger partial charge < -0.3 is 5.32 Å². The number of benzene rings is 2. The van der Waals surface area contributed by atoms with Crippen LogP contribution in [0.4, 0.5) is 10.1 Å². The van der Waals surface area contributed by atoms with Gasteiger partial charge >= 0.3 is 0 Å². The van der Waals surface area contributed by atoms with E-state index in [0.29, 0.717) is 28.8 Å². The fraction of sp³-hybridized carbons (Fsp3) is 0.316. The zero-order valence-electron chi connectivity index (χ0n) is 13.6.